The molecule has 34 heavy (non-hydrogen) atoms. The average molecular weight is 475 g/mol. The van der Waals surface area contributed by atoms with E-state index in [-0.39, 0.29) is 45.7 Å². The normalized spacial score (nSPS) is 49.6. The quantitative estimate of drug-likeness (QED) is 0.386. The van der Waals surface area contributed by atoms with Gasteiger partial charge in [-0.3, -0.25) is 0 Å². The molecule has 3 nitrogen and oxygen atoms in total. The van der Waals surface area contributed by atoms with Crippen molar-refractivity contribution in [3.8, 4) is 0 Å². The second-order valence-corrected chi connectivity index (χ2v) is 15.0. The van der Waals surface area contributed by atoms with Crippen molar-refractivity contribution in [3.05, 3.63) is 12.2 Å². The molecule has 3 heteroatoms. The Hall–Kier alpha value is -0.380. The lowest BCUT2D eigenvalue weighted by molar-refractivity contribution is -0.246. The Balaban J connectivity index is 1.64. The maximum atomic E-state index is 11.8. The first-order chi connectivity index (χ1) is 15.5. The fraction of sp³-hybridized carbons (Fsp3) is 0.935. The minimum atomic E-state index is -0.775. The molecule has 0 unspecified atom stereocenters. The summed E-state index contributed by atoms with van der Waals surface area (Å²) in [5.41, 5.74) is 0.714. The largest absolute Gasteiger partial charge is 0.393 e. The molecule has 4 rings (SSSR count). The zero-order valence-corrected chi connectivity index (χ0v) is 23.5. The van der Waals surface area contributed by atoms with E-state index in [1.54, 1.807) is 0 Å². The zero-order valence-electron chi connectivity index (χ0n) is 23.5. The zero-order chi connectivity index (χ0) is 25.5. The number of aliphatic hydroxyl groups excluding tert-OH is 2. The molecule has 0 spiro atoms. The Morgan fingerprint density at radius 1 is 0.941 bits per heavy atom. The number of allylic oxidation sites excluding steroid dienone is 1. The fourth-order valence-corrected chi connectivity index (χ4v) is 10.3. The van der Waals surface area contributed by atoms with Crippen LogP contribution in [-0.2, 0) is 0 Å². The first-order valence-electron chi connectivity index (χ1n) is 14.3. The summed E-state index contributed by atoms with van der Waals surface area (Å²) in [6, 6.07) is 0. The van der Waals surface area contributed by atoms with Crippen molar-refractivity contribution < 1.29 is 15.3 Å². The maximum absolute atomic E-state index is 11.8. The molecule has 0 radical (unpaired) electrons. The van der Waals surface area contributed by atoms with E-state index in [1.165, 1.54) is 18.4 Å². The highest BCUT2D eigenvalue weighted by molar-refractivity contribution is 5.20. The second kappa shape index (κ2) is 8.32. The standard InChI is InChI=1S/C31H54O3/c1-19(2)20(3)10-17-31(9,34)21-11-15-30(8)26(21)22(32)18-24-28(6)14-13-25(33)27(4,5)23(28)12-16-29(24,30)7/h19,21-26,32-34H,3,10-18H2,1-2,4-9H3/t21-,22+,23-,24+,25-,26-,28-,29+,30+,31-/m0/s1. The molecule has 0 aromatic heterocycles. The van der Waals surface area contributed by atoms with Crippen molar-refractivity contribution in [2.75, 3.05) is 0 Å². The molecular weight excluding hydrogens is 420 g/mol. The van der Waals surface area contributed by atoms with Crippen molar-refractivity contribution in [3.63, 3.8) is 0 Å². The van der Waals surface area contributed by atoms with Crippen molar-refractivity contribution in [1.29, 1.82) is 0 Å². The molecule has 3 N–H and O–H groups in total. The van der Waals surface area contributed by atoms with Crippen LogP contribution in [0, 0.1) is 51.2 Å². The molecule has 0 aromatic rings. The van der Waals surface area contributed by atoms with E-state index in [4.69, 9.17) is 0 Å². The molecule has 4 aliphatic rings. The van der Waals surface area contributed by atoms with E-state index < -0.39 is 5.60 Å². The average Bonchev–Trinajstić information content (AvgIpc) is 3.12. The van der Waals surface area contributed by atoms with E-state index in [9.17, 15) is 15.3 Å². The highest BCUT2D eigenvalue weighted by Crippen LogP contribution is 2.75. The van der Waals surface area contributed by atoms with Crippen LogP contribution in [0.3, 0.4) is 0 Å². The predicted molar refractivity (Wildman–Crippen MR) is 140 cm³/mol. The van der Waals surface area contributed by atoms with Gasteiger partial charge in [-0.05, 0) is 116 Å². The van der Waals surface area contributed by atoms with Gasteiger partial charge in [-0.15, -0.1) is 0 Å². The molecule has 4 aliphatic carbocycles. The molecule has 0 aromatic carbocycles. The summed E-state index contributed by atoms with van der Waals surface area (Å²) in [7, 11) is 0. The minimum absolute atomic E-state index is 0.0350. The van der Waals surface area contributed by atoms with Gasteiger partial charge in [-0.25, -0.2) is 0 Å². The first-order valence-corrected chi connectivity index (χ1v) is 14.3. The summed E-state index contributed by atoms with van der Waals surface area (Å²) < 4.78 is 0. The number of aliphatic hydroxyl groups is 3. The second-order valence-electron chi connectivity index (χ2n) is 15.0. The Kier molecular flexibility index (Phi) is 6.53. The van der Waals surface area contributed by atoms with Gasteiger partial charge in [0.15, 0.2) is 0 Å². The van der Waals surface area contributed by atoms with Crippen LogP contribution in [0.25, 0.3) is 0 Å². The van der Waals surface area contributed by atoms with Crippen molar-refractivity contribution in [1.82, 2.24) is 0 Å². The van der Waals surface area contributed by atoms with Gasteiger partial charge in [0, 0.05) is 0 Å². The van der Waals surface area contributed by atoms with Crippen LogP contribution in [0.2, 0.25) is 0 Å². The van der Waals surface area contributed by atoms with Crippen LogP contribution in [0.1, 0.15) is 113 Å². The fourth-order valence-electron chi connectivity index (χ4n) is 10.3. The Bertz CT molecular complexity index is 798. The number of fused-ring (bicyclic) bond motifs is 5. The van der Waals surface area contributed by atoms with Crippen LogP contribution < -0.4 is 0 Å². The summed E-state index contributed by atoms with van der Waals surface area (Å²) in [6.07, 6.45) is 8.24. The summed E-state index contributed by atoms with van der Waals surface area (Å²) in [5.74, 6) is 1.69. The van der Waals surface area contributed by atoms with E-state index >= 15 is 0 Å². The predicted octanol–water partition coefficient (Wildman–Crippen LogP) is 6.75. The highest BCUT2D eigenvalue weighted by Gasteiger charge is 2.71. The first kappa shape index (κ1) is 26.7. The Morgan fingerprint density at radius 3 is 2.18 bits per heavy atom. The van der Waals surface area contributed by atoms with E-state index in [1.807, 2.05) is 6.92 Å². The molecule has 0 amide bonds. The van der Waals surface area contributed by atoms with Gasteiger partial charge in [0.05, 0.1) is 17.8 Å². The van der Waals surface area contributed by atoms with Crippen LogP contribution in [0.5, 0.6) is 0 Å². The number of hydrogen-bond acceptors (Lipinski definition) is 3. The molecule has 0 heterocycles. The van der Waals surface area contributed by atoms with Crippen molar-refractivity contribution in [2.24, 2.45) is 51.2 Å². The molecule has 4 saturated carbocycles. The van der Waals surface area contributed by atoms with Crippen molar-refractivity contribution in [2.45, 2.75) is 131 Å². The third kappa shape index (κ3) is 3.61. The molecule has 4 fully saturated rings. The van der Waals surface area contributed by atoms with Gasteiger partial charge in [0.25, 0.3) is 0 Å². The molecule has 0 aliphatic heterocycles. The lowest BCUT2D eigenvalue weighted by Gasteiger charge is -2.70. The van der Waals surface area contributed by atoms with Crippen LogP contribution in [0.4, 0.5) is 0 Å². The summed E-state index contributed by atoms with van der Waals surface area (Å²) in [4.78, 5) is 0. The van der Waals surface area contributed by atoms with Gasteiger partial charge in [-0.2, -0.15) is 0 Å². The summed E-state index contributed by atoms with van der Waals surface area (Å²) in [6.45, 7) is 22.7. The minimum Gasteiger partial charge on any atom is -0.393 e. The SMILES string of the molecule is C=C(CC[C@](C)(O)[C@H]1CC[C@]2(C)[C@@H]1[C@H](O)C[C@@H]1[C@@]3(C)CC[C@H](O)C(C)(C)[C@@H]3CC[C@]12C)C(C)C. The van der Waals surface area contributed by atoms with Gasteiger partial charge in [0.1, 0.15) is 0 Å². The maximum Gasteiger partial charge on any atom is 0.0654 e. The number of hydrogen-bond donors (Lipinski definition) is 3. The molecule has 196 valence electrons. The molecule has 0 saturated heterocycles. The van der Waals surface area contributed by atoms with Gasteiger partial charge < -0.3 is 15.3 Å². The summed E-state index contributed by atoms with van der Waals surface area (Å²) in [5, 5.41) is 34.4. The molecule has 0 bridgehead atoms. The van der Waals surface area contributed by atoms with E-state index in [0.29, 0.717) is 17.8 Å². The van der Waals surface area contributed by atoms with Crippen LogP contribution in [-0.4, -0.2) is 33.1 Å². The lowest BCUT2D eigenvalue weighted by atomic mass is 9.35. The van der Waals surface area contributed by atoms with E-state index in [0.717, 1.165) is 44.9 Å². The third-order valence-electron chi connectivity index (χ3n) is 12.9. The highest BCUT2D eigenvalue weighted by atomic mass is 16.3. The van der Waals surface area contributed by atoms with Crippen LogP contribution in [0.15, 0.2) is 12.2 Å². The lowest BCUT2D eigenvalue weighted by Crippen LogP contribution is -2.66. The van der Waals surface area contributed by atoms with Gasteiger partial charge in [-0.1, -0.05) is 60.6 Å². The van der Waals surface area contributed by atoms with Gasteiger partial charge >= 0.3 is 0 Å². The van der Waals surface area contributed by atoms with Crippen molar-refractivity contribution >= 4 is 0 Å². The Labute approximate surface area is 209 Å². The monoisotopic (exact) mass is 474 g/mol. The van der Waals surface area contributed by atoms with E-state index in [2.05, 4.69) is 55.0 Å². The van der Waals surface area contributed by atoms with Gasteiger partial charge in [0.2, 0.25) is 0 Å². The topological polar surface area (TPSA) is 60.7 Å². The Morgan fingerprint density at radius 2 is 1.56 bits per heavy atom. The molecule has 10 atom stereocenters. The van der Waals surface area contributed by atoms with Crippen LogP contribution >= 0.6 is 0 Å². The molecular formula is C31H54O3. The smallest absolute Gasteiger partial charge is 0.0654 e. The summed E-state index contributed by atoms with van der Waals surface area (Å²) >= 11 is 0. The number of rotatable bonds is 5. The third-order valence-corrected chi connectivity index (χ3v) is 12.9.